The van der Waals surface area contributed by atoms with Crippen LogP contribution in [0.15, 0.2) is 36.5 Å². The predicted octanol–water partition coefficient (Wildman–Crippen LogP) is 2.52. The van der Waals surface area contributed by atoms with Gasteiger partial charge in [0.15, 0.2) is 5.82 Å². The van der Waals surface area contributed by atoms with Gasteiger partial charge in [-0.05, 0) is 25.0 Å². The maximum absolute atomic E-state index is 12.1. The molecule has 0 radical (unpaired) electrons. The van der Waals surface area contributed by atoms with Crippen LogP contribution in [0.5, 0.6) is 0 Å². The fourth-order valence-electron chi connectivity index (χ4n) is 2.61. The number of carbonyl (C=O) groups excluding carboxylic acids is 2. The summed E-state index contributed by atoms with van der Waals surface area (Å²) in [7, 11) is 0. The topological polar surface area (TPSA) is 76.0 Å². The van der Waals surface area contributed by atoms with Crippen LogP contribution in [-0.4, -0.2) is 27.6 Å². The lowest BCUT2D eigenvalue weighted by atomic mass is 10.0. The Morgan fingerprint density at radius 2 is 2.22 bits per heavy atom. The molecular weight excluding hydrogens is 316 g/mol. The number of piperidine rings is 1. The van der Waals surface area contributed by atoms with Gasteiger partial charge in [0.1, 0.15) is 0 Å². The van der Waals surface area contributed by atoms with Crippen molar-refractivity contribution in [3.05, 3.63) is 41.6 Å². The number of rotatable bonds is 4. The minimum Gasteiger partial charge on any atom is -0.353 e. The first-order valence-electron chi connectivity index (χ1n) is 7.51. The van der Waals surface area contributed by atoms with Crippen molar-refractivity contribution in [2.75, 3.05) is 5.32 Å². The molecule has 7 heteroatoms. The molecule has 1 unspecified atom stereocenters. The Balaban J connectivity index is 1.61. The summed E-state index contributed by atoms with van der Waals surface area (Å²) in [6.07, 6.45) is 4.18. The second kappa shape index (κ2) is 6.83. The summed E-state index contributed by atoms with van der Waals surface area (Å²) in [5.41, 5.74) is 0.745. The van der Waals surface area contributed by atoms with Gasteiger partial charge in [0.05, 0.1) is 10.7 Å². The van der Waals surface area contributed by atoms with E-state index in [9.17, 15) is 9.59 Å². The van der Waals surface area contributed by atoms with Crippen LogP contribution >= 0.6 is 11.6 Å². The minimum atomic E-state index is -0.165. The van der Waals surface area contributed by atoms with E-state index in [1.54, 1.807) is 23.0 Å². The number of hydrogen-bond acceptors (Lipinski definition) is 3. The second-order valence-corrected chi connectivity index (χ2v) is 5.91. The van der Waals surface area contributed by atoms with E-state index in [1.165, 1.54) is 0 Å². The third-order valence-electron chi connectivity index (χ3n) is 3.71. The van der Waals surface area contributed by atoms with E-state index in [-0.39, 0.29) is 24.3 Å². The highest BCUT2D eigenvalue weighted by molar-refractivity contribution is 6.32. The highest BCUT2D eigenvalue weighted by Crippen LogP contribution is 2.20. The number of halogens is 1. The van der Waals surface area contributed by atoms with Crippen LogP contribution in [0, 0.1) is 0 Å². The third kappa shape index (κ3) is 3.90. The summed E-state index contributed by atoms with van der Waals surface area (Å²) in [6, 6.07) is 8.95. The lowest BCUT2D eigenvalue weighted by Gasteiger charge is -2.22. The van der Waals surface area contributed by atoms with Gasteiger partial charge in [-0.2, -0.15) is 5.10 Å². The average Bonchev–Trinajstić information content (AvgIpc) is 2.95. The zero-order valence-electron chi connectivity index (χ0n) is 12.5. The van der Waals surface area contributed by atoms with Crippen molar-refractivity contribution in [1.29, 1.82) is 0 Å². The normalized spacial score (nSPS) is 17.6. The Morgan fingerprint density at radius 3 is 3.00 bits per heavy atom. The number of carbonyl (C=O) groups is 2. The van der Waals surface area contributed by atoms with Gasteiger partial charge in [-0.1, -0.05) is 23.7 Å². The molecule has 0 bridgehead atoms. The smallest absolute Gasteiger partial charge is 0.227 e. The Bertz CT molecular complexity index is 728. The van der Waals surface area contributed by atoms with Crippen LogP contribution in [0.4, 0.5) is 5.82 Å². The molecule has 1 aromatic heterocycles. The molecule has 3 rings (SSSR count). The average molecular weight is 333 g/mol. The van der Waals surface area contributed by atoms with Crippen molar-refractivity contribution >= 4 is 29.2 Å². The summed E-state index contributed by atoms with van der Waals surface area (Å²) in [5.74, 6) is 0.302. The fourth-order valence-corrected chi connectivity index (χ4v) is 2.84. The first-order valence-corrected chi connectivity index (χ1v) is 7.89. The molecule has 0 spiro atoms. The van der Waals surface area contributed by atoms with Crippen LogP contribution in [0.2, 0.25) is 5.02 Å². The number of nitrogens with zero attached hydrogens (tertiary/aromatic N) is 2. The Morgan fingerprint density at radius 1 is 1.39 bits per heavy atom. The van der Waals surface area contributed by atoms with Gasteiger partial charge < -0.3 is 10.6 Å². The summed E-state index contributed by atoms with van der Waals surface area (Å²) in [5, 5.41) is 10.5. The first kappa shape index (κ1) is 15.6. The van der Waals surface area contributed by atoms with Crippen LogP contribution in [0.1, 0.15) is 25.7 Å². The number of aromatic nitrogens is 2. The van der Waals surface area contributed by atoms with E-state index >= 15 is 0 Å². The lowest BCUT2D eigenvalue weighted by molar-refractivity contribution is -0.124. The number of benzene rings is 1. The number of para-hydroxylation sites is 1. The van der Waals surface area contributed by atoms with Gasteiger partial charge in [-0.25, -0.2) is 4.68 Å². The lowest BCUT2D eigenvalue weighted by Crippen LogP contribution is -2.40. The molecule has 23 heavy (non-hydrogen) atoms. The number of nitrogens with one attached hydrogen (secondary N) is 2. The summed E-state index contributed by atoms with van der Waals surface area (Å²) in [6.45, 7) is 0. The van der Waals surface area contributed by atoms with Crippen LogP contribution in [0.3, 0.4) is 0 Å². The van der Waals surface area contributed by atoms with E-state index in [2.05, 4.69) is 15.7 Å². The molecule has 1 atom stereocenters. The summed E-state index contributed by atoms with van der Waals surface area (Å²) in [4.78, 5) is 23.4. The van der Waals surface area contributed by atoms with Crippen LogP contribution in [0.25, 0.3) is 5.69 Å². The monoisotopic (exact) mass is 332 g/mol. The SMILES string of the molecule is O=C(CC1CCCC(=O)N1)Nc1ccn(-c2ccccc2Cl)n1. The molecule has 1 aliphatic rings. The van der Waals surface area contributed by atoms with E-state index in [0.29, 0.717) is 17.3 Å². The van der Waals surface area contributed by atoms with E-state index in [1.807, 2.05) is 18.2 Å². The molecular formula is C16H17ClN4O2. The zero-order valence-corrected chi connectivity index (χ0v) is 13.2. The van der Waals surface area contributed by atoms with Crippen molar-refractivity contribution in [2.24, 2.45) is 0 Å². The predicted molar refractivity (Wildman–Crippen MR) is 87.6 cm³/mol. The zero-order chi connectivity index (χ0) is 16.2. The van der Waals surface area contributed by atoms with E-state index < -0.39 is 0 Å². The standard InChI is InChI=1S/C16H17ClN4O2/c17-12-5-1-2-6-13(12)21-9-8-14(20-21)19-16(23)10-11-4-3-7-15(22)18-11/h1-2,5-6,8-9,11H,3-4,7,10H2,(H,18,22)(H,19,20,23). The molecule has 0 saturated carbocycles. The quantitative estimate of drug-likeness (QED) is 0.903. The molecule has 6 nitrogen and oxygen atoms in total. The Labute approximate surface area is 138 Å². The van der Waals surface area contributed by atoms with Crippen molar-refractivity contribution < 1.29 is 9.59 Å². The highest BCUT2D eigenvalue weighted by Gasteiger charge is 2.21. The van der Waals surface area contributed by atoms with E-state index in [0.717, 1.165) is 18.5 Å². The maximum atomic E-state index is 12.1. The van der Waals surface area contributed by atoms with Crippen molar-refractivity contribution in [1.82, 2.24) is 15.1 Å². The molecule has 0 aliphatic carbocycles. The molecule has 2 heterocycles. The van der Waals surface area contributed by atoms with Gasteiger partial charge in [0.2, 0.25) is 11.8 Å². The first-order chi connectivity index (χ1) is 11.1. The number of amides is 2. The van der Waals surface area contributed by atoms with Crippen LogP contribution in [-0.2, 0) is 9.59 Å². The largest absolute Gasteiger partial charge is 0.353 e. The maximum Gasteiger partial charge on any atom is 0.227 e. The van der Waals surface area contributed by atoms with Crippen molar-refractivity contribution in [2.45, 2.75) is 31.7 Å². The third-order valence-corrected chi connectivity index (χ3v) is 4.03. The summed E-state index contributed by atoms with van der Waals surface area (Å²) < 4.78 is 1.61. The molecule has 1 aliphatic heterocycles. The molecule has 2 aromatic rings. The summed E-state index contributed by atoms with van der Waals surface area (Å²) >= 11 is 6.13. The molecule has 1 aromatic carbocycles. The molecule has 2 amide bonds. The van der Waals surface area contributed by atoms with Crippen molar-refractivity contribution in [3.8, 4) is 5.69 Å². The molecule has 1 saturated heterocycles. The Kier molecular flexibility index (Phi) is 4.62. The number of hydrogen-bond donors (Lipinski definition) is 2. The van der Waals surface area contributed by atoms with Gasteiger partial charge in [0.25, 0.3) is 0 Å². The van der Waals surface area contributed by atoms with Gasteiger partial charge in [0, 0.05) is 31.1 Å². The van der Waals surface area contributed by atoms with E-state index in [4.69, 9.17) is 11.6 Å². The van der Waals surface area contributed by atoms with Gasteiger partial charge >= 0.3 is 0 Å². The molecule has 1 fully saturated rings. The minimum absolute atomic E-state index is 0.0112. The number of anilines is 1. The second-order valence-electron chi connectivity index (χ2n) is 5.51. The highest BCUT2D eigenvalue weighted by atomic mass is 35.5. The van der Waals surface area contributed by atoms with Crippen LogP contribution < -0.4 is 10.6 Å². The molecule has 2 N–H and O–H groups in total. The molecule has 120 valence electrons. The van der Waals surface area contributed by atoms with Gasteiger partial charge in [-0.3, -0.25) is 9.59 Å². The van der Waals surface area contributed by atoms with Gasteiger partial charge in [-0.15, -0.1) is 0 Å². The fraction of sp³-hybridized carbons (Fsp3) is 0.312. The van der Waals surface area contributed by atoms with Crippen molar-refractivity contribution in [3.63, 3.8) is 0 Å². The Hall–Kier alpha value is -2.34.